The maximum absolute atomic E-state index is 13.8. The molecule has 1 heterocycles. The summed E-state index contributed by atoms with van der Waals surface area (Å²) in [6, 6.07) is 3.89. The summed E-state index contributed by atoms with van der Waals surface area (Å²) in [6.45, 7) is 1.53. The molecular formula is C13H10ClFN2O3S. The van der Waals surface area contributed by atoms with E-state index in [9.17, 15) is 19.1 Å². The van der Waals surface area contributed by atoms with Crippen LogP contribution in [0.25, 0.3) is 0 Å². The number of aromatic nitrogens is 1. The summed E-state index contributed by atoms with van der Waals surface area (Å²) >= 11 is 6.70. The van der Waals surface area contributed by atoms with Crippen LogP contribution < -0.4 is 4.90 Å². The van der Waals surface area contributed by atoms with Gasteiger partial charge in [-0.05, 0) is 30.6 Å². The number of anilines is 1. The molecule has 0 spiro atoms. The number of amides is 1. The number of carboxylic acid groups (broad SMARTS) is 1. The van der Waals surface area contributed by atoms with Crippen LogP contribution in [-0.4, -0.2) is 28.4 Å². The summed E-state index contributed by atoms with van der Waals surface area (Å²) in [5.74, 6) is -2.70. The lowest BCUT2D eigenvalue weighted by Gasteiger charge is -2.17. The zero-order chi connectivity index (χ0) is 15.7. The Labute approximate surface area is 128 Å². The van der Waals surface area contributed by atoms with Gasteiger partial charge in [0.25, 0.3) is 5.91 Å². The van der Waals surface area contributed by atoms with E-state index < -0.39 is 17.7 Å². The highest BCUT2D eigenvalue weighted by Gasteiger charge is 2.27. The lowest BCUT2D eigenvalue weighted by molar-refractivity contribution is 0.0697. The van der Waals surface area contributed by atoms with Gasteiger partial charge in [0.1, 0.15) is 16.4 Å². The highest BCUT2D eigenvalue weighted by Crippen LogP contribution is 2.30. The minimum atomic E-state index is -1.20. The van der Waals surface area contributed by atoms with Crippen molar-refractivity contribution in [3.05, 3.63) is 45.9 Å². The Balaban J connectivity index is 2.48. The molecule has 0 aliphatic carbocycles. The van der Waals surface area contributed by atoms with Gasteiger partial charge in [-0.25, -0.2) is 9.18 Å². The first kappa shape index (κ1) is 15.4. The molecule has 0 unspecified atom stereocenters. The Hall–Kier alpha value is -1.99. The van der Waals surface area contributed by atoms with Crippen molar-refractivity contribution in [2.24, 2.45) is 0 Å². The van der Waals surface area contributed by atoms with Crippen molar-refractivity contribution in [1.29, 1.82) is 0 Å². The molecule has 1 N–H and O–H groups in total. The molecule has 0 radical (unpaired) electrons. The fourth-order valence-corrected chi connectivity index (χ4v) is 2.89. The van der Waals surface area contributed by atoms with E-state index in [4.69, 9.17) is 11.6 Å². The third-order valence-corrected chi connectivity index (χ3v) is 4.18. The van der Waals surface area contributed by atoms with Crippen LogP contribution in [0.1, 0.15) is 26.4 Å². The number of nitrogens with zero attached hydrogens (tertiary/aromatic N) is 2. The maximum atomic E-state index is 13.8. The van der Waals surface area contributed by atoms with Crippen LogP contribution in [0.5, 0.6) is 0 Å². The topological polar surface area (TPSA) is 70.5 Å². The van der Waals surface area contributed by atoms with Crippen molar-refractivity contribution < 1.29 is 19.1 Å². The molecule has 2 aromatic rings. The van der Waals surface area contributed by atoms with Crippen LogP contribution in [-0.2, 0) is 0 Å². The van der Waals surface area contributed by atoms with E-state index in [0.717, 1.165) is 22.5 Å². The summed E-state index contributed by atoms with van der Waals surface area (Å²) in [5.41, 5.74) is -0.0887. The zero-order valence-electron chi connectivity index (χ0n) is 11.1. The van der Waals surface area contributed by atoms with Crippen molar-refractivity contribution in [2.45, 2.75) is 6.92 Å². The maximum Gasteiger partial charge on any atom is 0.340 e. The van der Waals surface area contributed by atoms with E-state index in [1.54, 1.807) is 0 Å². The summed E-state index contributed by atoms with van der Waals surface area (Å²) in [6.07, 6.45) is 0. The molecule has 5 nitrogen and oxygen atoms in total. The number of carbonyl (C=O) groups is 2. The van der Waals surface area contributed by atoms with Gasteiger partial charge in [-0.2, -0.15) is 4.37 Å². The molecule has 21 heavy (non-hydrogen) atoms. The third kappa shape index (κ3) is 2.74. The Kier molecular flexibility index (Phi) is 4.24. The predicted molar refractivity (Wildman–Crippen MR) is 78.0 cm³/mol. The van der Waals surface area contributed by atoms with Crippen LogP contribution in [0.2, 0.25) is 5.02 Å². The molecular weight excluding hydrogens is 319 g/mol. The van der Waals surface area contributed by atoms with E-state index >= 15 is 0 Å². The van der Waals surface area contributed by atoms with Gasteiger partial charge in [-0.15, -0.1) is 0 Å². The van der Waals surface area contributed by atoms with Gasteiger partial charge in [0, 0.05) is 7.05 Å². The van der Waals surface area contributed by atoms with Gasteiger partial charge < -0.3 is 10.0 Å². The Bertz CT molecular complexity index is 712. The molecule has 0 saturated heterocycles. The smallest absolute Gasteiger partial charge is 0.340 e. The number of carboxylic acids is 1. The molecule has 0 aliphatic rings. The summed E-state index contributed by atoms with van der Waals surface area (Å²) in [4.78, 5) is 24.6. The second kappa shape index (κ2) is 5.79. The molecule has 110 valence electrons. The molecule has 0 aliphatic heterocycles. The Morgan fingerprint density at radius 3 is 2.62 bits per heavy atom. The number of rotatable bonds is 3. The number of aryl methyl sites for hydroxylation is 1. The Morgan fingerprint density at radius 1 is 1.38 bits per heavy atom. The fourth-order valence-electron chi connectivity index (χ4n) is 1.79. The van der Waals surface area contributed by atoms with Gasteiger partial charge in [0.05, 0.1) is 16.3 Å². The van der Waals surface area contributed by atoms with E-state index in [1.807, 2.05) is 0 Å². The molecule has 8 heteroatoms. The summed E-state index contributed by atoms with van der Waals surface area (Å²) in [7, 11) is 1.35. The van der Waals surface area contributed by atoms with E-state index in [-0.39, 0.29) is 21.2 Å². The summed E-state index contributed by atoms with van der Waals surface area (Å²) in [5, 5.41) is 9.27. The van der Waals surface area contributed by atoms with Crippen molar-refractivity contribution in [3.63, 3.8) is 0 Å². The van der Waals surface area contributed by atoms with Crippen LogP contribution in [0, 0.1) is 12.7 Å². The SMILES string of the molecule is Cc1nsc(N(C)C(=O)c2c(F)cccc2Cl)c1C(=O)O. The summed E-state index contributed by atoms with van der Waals surface area (Å²) < 4.78 is 17.7. The minimum Gasteiger partial charge on any atom is -0.478 e. The lowest BCUT2D eigenvalue weighted by Crippen LogP contribution is -2.28. The second-order valence-electron chi connectivity index (χ2n) is 4.21. The molecule has 0 fully saturated rings. The lowest BCUT2D eigenvalue weighted by atomic mass is 10.1. The van der Waals surface area contributed by atoms with Gasteiger partial charge >= 0.3 is 5.97 Å². The fraction of sp³-hybridized carbons (Fsp3) is 0.154. The van der Waals surface area contributed by atoms with Crippen LogP contribution >= 0.6 is 23.1 Å². The monoisotopic (exact) mass is 328 g/mol. The molecule has 0 atom stereocenters. The molecule has 1 aromatic heterocycles. The van der Waals surface area contributed by atoms with Crippen molar-refractivity contribution in [3.8, 4) is 0 Å². The van der Waals surface area contributed by atoms with Crippen molar-refractivity contribution >= 4 is 40.0 Å². The number of benzene rings is 1. The first-order valence-corrected chi connectivity index (χ1v) is 6.91. The number of carbonyl (C=O) groups excluding carboxylic acids is 1. The largest absolute Gasteiger partial charge is 0.478 e. The van der Waals surface area contributed by atoms with Crippen molar-refractivity contribution in [2.75, 3.05) is 11.9 Å². The predicted octanol–water partition coefficient (Wildman–Crippen LogP) is 3.22. The van der Waals surface area contributed by atoms with Gasteiger partial charge in [0.2, 0.25) is 0 Å². The number of aromatic carboxylic acids is 1. The minimum absolute atomic E-state index is 0.0371. The molecule has 2 rings (SSSR count). The molecule has 0 saturated carbocycles. The Morgan fingerprint density at radius 2 is 2.05 bits per heavy atom. The first-order chi connectivity index (χ1) is 9.84. The third-order valence-electron chi connectivity index (χ3n) is 2.84. The van der Waals surface area contributed by atoms with E-state index in [1.165, 1.54) is 26.1 Å². The standard InChI is InChI=1S/C13H10ClFN2O3S/c1-6-9(13(19)20)12(21-16-6)17(2)11(18)10-7(14)4-3-5-8(10)15/h3-5H,1-2H3,(H,19,20). The van der Waals surface area contributed by atoms with E-state index in [0.29, 0.717) is 5.69 Å². The van der Waals surface area contributed by atoms with E-state index in [2.05, 4.69) is 4.37 Å². The average Bonchev–Trinajstić information content (AvgIpc) is 2.79. The van der Waals surface area contributed by atoms with Crippen molar-refractivity contribution in [1.82, 2.24) is 4.37 Å². The zero-order valence-corrected chi connectivity index (χ0v) is 12.6. The highest BCUT2D eigenvalue weighted by atomic mass is 35.5. The molecule has 1 aromatic carbocycles. The second-order valence-corrected chi connectivity index (χ2v) is 5.37. The van der Waals surface area contributed by atoms with Crippen LogP contribution in [0.15, 0.2) is 18.2 Å². The molecule has 1 amide bonds. The number of hydrogen-bond acceptors (Lipinski definition) is 4. The van der Waals surface area contributed by atoms with Gasteiger partial charge in [-0.1, -0.05) is 17.7 Å². The number of halogens is 2. The highest BCUT2D eigenvalue weighted by molar-refractivity contribution is 7.11. The van der Waals surface area contributed by atoms with Gasteiger partial charge in [0.15, 0.2) is 0 Å². The quantitative estimate of drug-likeness (QED) is 0.939. The number of hydrogen-bond donors (Lipinski definition) is 1. The molecule has 0 bridgehead atoms. The normalized spacial score (nSPS) is 10.5. The van der Waals surface area contributed by atoms with Crippen LogP contribution in [0.3, 0.4) is 0 Å². The van der Waals surface area contributed by atoms with Gasteiger partial charge in [-0.3, -0.25) is 4.79 Å². The average molecular weight is 329 g/mol. The first-order valence-electron chi connectivity index (χ1n) is 5.76. The van der Waals surface area contributed by atoms with Crippen LogP contribution in [0.4, 0.5) is 9.39 Å².